The van der Waals surface area contributed by atoms with Crippen molar-refractivity contribution in [1.29, 1.82) is 0 Å². The summed E-state index contributed by atoms with van der Waals surface area (Å²) in [6.45, 7) is 4.17. The fourth-order valence-electron chi connectivity index (χ4n) is 5.48. The predicted molar refractivity (Wildman–Crippen MR) is 136 cm³/mol. The fraction of sp³-hybridized carbons (Fsp3) is 0.519. The number of nitrogens with zero attached hydrogens (tertiary/aromatic N) is 1. The lowest BCUT2D eigenvalue weighted by Crippen LogP contribution is -2.46. The number of para-hydroxylation sites is 1. The van der Waals surface area contributed by atoms with Gasteiger partial charge in [0.25, 0.3) is 0 Å². The zero-order chi connectivity index (χ0) is 24.3. The molecule has 1 aliphatic carbocycles. The minimum absolute atomic E-state index is 0.0541. The number of hydrogen-bond acceptors (Lipinski definition) is 4. The number of rotatable bonds is 7. The lowest BCUT2D eigenvalue weighted by molar-refractivity contribution is -0.122. The van der Waals surface area contributed by atoms with Gasteiger partial charge in [-0.05, 0) is 75.3 Å². The highest BCUT2D eigenvalue weighted by Crippen LogP contribution is 2.46. The molecule has 0 bridgehead atoms. The van der Waals surface area contributed by atoms with E-state index >= 15 is 0 Å². The monoisotopic (exact) mass is 484 g/mol. The molecule has 0 saturated heterocycles. The Morgan fingerprint density at radius 2 is 1.76 bits per heavy atom. The lowest BCUT2D eigenvalue weighted by Gasteiger charge is -2.44. The van der Waals surface area contributed by atoms with Gasteiger partial charge in [0.2, 0.25) is 15.9 Å². The number of fused-ring (bicyclic) bond motifs is 1. The molecule has 6 nitrogen and oxygen atoms in total. The lowest BCUT2D eigenvalue weighted by atomic mass is 9.77. The summed E-state index contributed by atoms with van der Waals surface area (Å²) in [4.78, 5) is 12.9. The smallest absolute Gasteiger partial charge is 0.232 e. The number of anilines is 1. The second-order valence-corrected chi connectivity index (χ2v) is 11.9. The summed E-state index contributed by atoms with van der Waals surface area (Å²) < 4.78 is 32.8. The van der Waals surface area contributed by atoms with Crippen molar-refractivity contribution in [2.45, 2.75) is 76.9 Å². The van der Waals surface area contributed by atoms with Gasteiger partial charge in [-0.3, -0.25) is 9.10 Å². The average molecular weight is 485 g/mol. The summed E-state index contributed by atoms with van der Waals surface area (Å²) >= 11 is 0. The van der Waals surface area contributed by atoms with Crippen LogP contribution in [0.25, 0.3) is 0 Å². The molecule has 34 heavy (non-hydrogen) atoms. The topological polar surface area (TPSA) is 75.7 Å². The van der Waals surface area contributed by atoms with E-state index in [0.717, 1.165) is 54.5 Å². The molecule has 2 aliphatic rings. The van der Waals surface area contributed by atoms with Gasteiger partial charge >= 0.3 is 0 Å². The number of carbonyl (C=O) groups is 1. The average Bonchev–Trinajstić information content (AvgIpc) is 2.75. The highest BCUT2D eigenvalue weighted by atomic mass is 32.2. The Morgan fingerprint density at radius 1 is 1.09 bits per heavy atom. The maximum absolute atomic E-state index is 12.9. The first-order chi connectivity index (χ1) is 16.2. The molecule has 1 N–H and O–H groups in total. The van der Waals surface area contributed by atoms with E-state index < -0.39 is 10.0 Å². The summed E-state index contributed by atoms with van der Waals surface area (Å²) in [7, 11) is -3.45. The van der Waals surface area contributed by atoms with E-state index in [4.69, 9.17) is 4.74 Å². The van der Waals surface area contributed by atoms with E-state index in [1.54, 1.807) is 0 Å². The number of ether oxygens (including phenoxy) is 1. The van der Waals surface area contributed by atoms with Crippen molar-refractivity contribution < 1.29 is 17.9 Å². The molecular weight excluding hydrogens is 448 g/mol. The summed E-state index contributed by atoms with van der Waals surface area (Å²) in [5.74, 6) is 0.820. The summed E-state index contributed by atoms with van der Waals surface area (Å²) in [6.07, 6.45) is 8.30. The van der Waals surface area contributed by atoms with Crippen LogP contribution in [0, 0.1) is 13.8 Å². The van der Waals surface area contributed by atoms with E-state index in [0.29, 0.717) is 12.1 Å². The van der Waals surface area contributed by atoms with Crippen LogP contribution in [-0.4, -0.2) is 32.7 Å². The summed E-state index contributed by atoms with van der Waals surface area (Å²) in [5.41, 5.74) is 3.51. The Labute approximate surface area is 203 Å². The van der Waals surface area contributed by atoms with E-state index in [2.05, 4.69) is 5.32 Å². The minimum atomic E-state index is -3.45. The van der Waals surface area contributed by atoms with Crippen LogP contribution in [0.3, 0.4) is 0 Å². The van der Waals surface area contributed by atoms with Crippen molar-refractivity contribution in [3.63, 3.8) is 0 Å². The van der Waals surface area contributed by atoms with Crippen molar-refractivity contribution in [2.24, 2.45) is 0 Å². The molecule has 0 aromatic heterocycles. The van der Waals surface area contributed by atoms with Gasteiger partial charge in [-0.15, -0.1) is 0 Å². The molecule has 184 valence electrons. The van der Waals surface area contributed by atoms with Crippen molar-refractivity contribution in [3.05, 3.63) is 59.2 Å². The molecule has 0 radical (unpaired) electrons. The molecular formula is C27H36N2O4S. The van der Waals surface area contributed by atoms with Crippen molar-refractivity contribution in [2.75, 3.05) is 17.1 Å². The third-order valence-corrected chi connectivity index (χ3v) is 8.15. The van der Waals surface area contributed by atoms with Crippen LogP contribution >= 0.6 is 0 Å². The highest BCUT2D eigenvalue weighted by molar-refractivity contribution is 7.92. The zero-order valence-electron chi connectivity index (χ0n) is 20.5. The summed E-state index contributed by atoms with van der Waals surface area (Å²) in [5, 5.41) is 3.23. The van der Waals surface area contributed by atoms with Gasteiger partial charge in [-0.1, -0.05) is 30.7 Å². The van der Waals surface area contributed by atoms with E-state index in [1.165, 1.54) is 17.0 Å². The van der Waals surface area contributed by atoms with Crippen LogP contribution in [-0.2, 0) is 14.8 Å². The molecule has 4 rings (SSSR count). The van der Waals surface area contributed by atoms with Crippen LogP contribution in [0.4, 0.5) is 5.69 Å². The van der Waals surface area contributed by atoms with E-state index in [-0.39, 0.29) is 30.5 Å². The molecule has 0 unspecified atom stereocenters. The van der Waals surface area contributed by atoms with Gasteiger partial charge in [0.1, 0.15) is 11.4 Å². The van der Waals surface area contributed by atoms with Crippen molar-refractivity contribution >= 4 is 21.6 Å². The molecule has 1 saturated carbocycles. The molecule has 1 aliphatic heterocycles. The fourth-order valence-corrected chi connectivity index (χ4v) is 6.43. The molecule has 1 spiro atoms. The van der Waals surface area contributed by atoms with Crippen LogP contribution in [0.15, 0.2) is 42.5 Å². The van der Waals surface area contributed by atoms with Crippen LogP contribution in [0.5, 0.6) is 5.75 Å². The van der Waals surface area contributed by atoms with Gasteiger partial charge in [0.15, 0.2) is 0 Å². The SMILES string of the molecule is Cc1cc(C)cc(N(CCCC(=O)N[C@@H]2CC3(CCCCC3)Oc3ccccc32)S(C)(=O)=O)c1. The Morgan fingerprint density at radius 3 is 2.44 bits per heavy atom. The highest BCUT2D eigenvalue weighted by Gasteiger charge is 2.42. The molecule has 1 heterocycles. The second kappa shape index (κ2) is 9.98. The van der Waals surface area contributed by atoms with Gasteiger partial charge in [-0.2, -0.15) is 0 Å². The van der Waals surface area contributed by atoms with Gasteiger partial charge < -0.3 is 10.1 Å². The van der Waals surface area contributed by atoms with Crippen LogP contribution in [0.2, 0.25) is 0 Å². The molecule has 2 aromatic rings. The first-order valence-corrected chi connectivity index (χ1v) is 14.1. The largest absolute Gasteiger partial charge is 0.487 e. The Hall–Kier alpha value is -2.54. The van der Waals surface area contributed by atoms with Gasteiger partial charge in [0.05, 0.1) is 18.0 Å². The van der Waals surface area contributed by atoms with Crippen molar-refractivity contribution in [1.82, 2.24) is 5.32 Å². The van der Waals surface area contributed by atoms with Gasteiger partial charge in [0, 0.05) is 24.9 Å². The number of benzene rings is 2. The Balaban J connectivity index is 1.42. The first kappa shape index (κ1) is 24.6. The molecule has 2 aromatic carbocycles. The first-order valence-electron chi connectivity index (χ1n) is 12.3. The molecule has 1 amide bonds. The van der Waals surface area contributed by atoms with E-state index in [9.17, 15) is 13.2 Å². The maximum atomic E-state index is 12.9. The third kappa shape index (κ3) is 5.74. The molecule has 1 atom stereocenters. The Bertz CT molecular complexity index is 1120. The molecule has 7 heteroatoms. The number of hydrogen-bond donors (Lipinski definition) is 1. The zero-order valence-corrected chi connectivity index (χ0v) is 21.3. The summed E-state index contributed by atoms with van der Waals surface area (Å²) in [6, 6.07) is 13.7. The van der Waals surface area contributed by atoms with Gasteiger partial charge in [-0.25, -0.2) is 8.42 Å². The number of aryl methyl sites for hydroxylation is 2. The maximum Gasteiger partial charge on any atom is 0.232 e. The third-order valence-electron chi connectivity index (χ3n) is 6.96. The second-order valence-electron chi connectivity index (χ2n) is 9.99. The Kier molecular flexibility index (Phi) is 7.22. The van der Waals surface area contributed by atoms with Crippen molar-refractivity contribution in [3.8, 4) is 5.75 Å². The van der Waals surface area contributed by atoms with E-state index in [1.807, 2.05) is 56.3 Å². The minimum Gasteiger partial charge on any atom is -0.487 e. The number of amides is 1. The quantitative estimate of drug-likeness (QED) is 0.587. The number of nitrogens with one attached hydrogen (secondary N) is 1. The molecule has 1 fully saturated rings. The normalized spacial score (nSPS) is 19.2. The van der Waals surface area contributed by atoms with Crippen LogP contribution in [0.1, 0.15) is 74.1 Å². The van der Waals surface area contributed by atoms with Crippen LogP contribution < -0.4 is 14.4 Å². The number of sulfonamides is 1. The number of carbonyl (C=O) groups excluding carboxylic acids is 1. The standard InChI is InChI=1S/C27H36N2O4S/c1-20-16-21(2)18-22(17-20)29(34(3,31)32)15-9-12-26(30)28-24-19-27(13-7-4-8-14-27)33-25-11-6-5-10-23(24)25/h5-6,10-11,16-18,24H,4,7-9,12-15,19H2,1-3H3,(H,28,30)/t24-/m1/s1. The predicted octanol–water partition coefficient (Wildman–Crippen LogP) is 5.19.